The number of halogens is 3. The minimum Gasteiger partial charge on any atom is -0.444 e. The van der Waals surface area contributed by atoms with E-state index in [-0.39, 0.29) is 18.6 Å². The monoisotopic (exact) mass is 324 g/mol. The molecule has 7 heteroatoms. The average molecular weight is 324 g/mol. The summed E-state index contributed by atoms with van der Waals surface area (Å²) < 4.78 is 41.3. The molecule has 0 bridgehead atoms. The smallest absolute Gasteiger partial charge is 0.410 e. The fourth-order valence-corrected chi connectivity index (χ4v) is 2.35. The Morgan fingerprint density at radius 2 is 1.77 bits per heavy atom. The second-order valence-corrected chi connectivity index (χ2v) is 6.77. The van der Waals surface area contributed by atoms with E-state index in [1.54, 1.807) is 4.90 Å². The van der Waals surface area contributed by atoms with Gasteiger partial charge in [-0.2, -0.15) is 13.2 Å². The summed E-state index contributed by atoms with van der Waals surface area (Å²) in [4.78, 5) is 13.6. The van der Waals surface area contributed by atoms with E-state index < -0.39 is 18.2 Å². The van der Waals surface area contributed by atoms with Crippen LogP contribution in [0.3, 0.4) is 0 Å². The van der Waals surface area contributed by atoms with Gasteiger partial charge in [0.1, 0.15) is 5.60 Å². The molecule has 1 saturated heterocycles. The van der Waals surface area contributed by atoms with E-state index >= 15 is 0 Å². The molecule has 22 heavy (non-hydrogen) atoms. The molecule has 0 spiro atoms. The first-order valence-electron chi connectivity index (χ1n) is 7.85. The molecule has 0 aliphatic carbocycles. The van der Waals surface area contributed by atoms with Gasteiger partial charge in [0, 0.05) is 25.6 Å². The van der Waals surface area contributed by atoms with Crippen molar-refractivity contribution in [1.82, 2.24) is 10.2 Å². The molecule has 1 amide bonds. The predicted octanol–water partition coefficient (Wildman–Crippen LogP) is 3.71. The minimum absolute atomic E-state index is 0.160. The van der Waals surface area contributed by atoms with Gasteiger partial charge in [0.15, 0.2) is 0 Å². The first-order chi connectivity index (χ1) is 10.1. The summed E-state index contributed by atoms with van der Waals surface area (Å²) in [7, 11) is 0. The maximum atomic E-state index is 12.0. The van der Waals surface area contributed by atoms with Crippen molar-refractivity contribution in [3.63, 3.8) is 0 Å². The first-order valence-corrected chi connectivity index (χ1v) is 7.85. The molecule has 0 aromatic rings. The van der Waals surface area contributed by atoms with Crippen molar-refractivity contribution < 1.29 is 22.7 Å². The van der Waals surface area contributed by atoms with E-state index in [0.717, 1.165) is 12.8 Å². The summed E-state index contributed by atoms with van der Waals surface area (Å²) >= 11 is 0. The van der Waals surface area contributed by atoms with Crippen LogP contribution in [0.25, 0.3) is 0 Å². The van der Waals surface area contributed by atoms with Crippen LogP contribution >= 0.6 is 0 Å². The Kier molecular flexibility index (Phi) is 6.97. The molecule has 1 rings (SSSR count). The zero-order chi connectivity index (χ0) is 16.8. The topological polar surface area (TPSA) is 41.6 Å². The summed E-state index contributed by atoms with van der Waals surface area (Å²) in [6.07, 6.45) is -2.78. The molecule has 1 aliphatic rings. The van der Waals surface area contributed by atoms with Crippen LogP contribution in [0, 0.1) is 0 Å². The maximum Gasteiger partial charge on any atom is 0.410 e. The van der Waals surface area contributed by atoms with E-state index in [1.165, 1.54) is 0 Å². The number of nitrogens with zero attached hydrogens (tertiary/aromatic N) is 1. The standard InChI is InChI=1S/C15H27F3N2O2/c1-14(2,3)22-13(21)20-10-6-12(7-11-20)19-9-5-4-8-15(16,17)18/h12,19H,4-11H2,1-3H3. The van der Waals surface area contributed by atoms with Gasteiger partial charge in [-0.25, -0.2) is 4.79 Å². The van der Waals surface area contributed by atoms with E-state index in [0.29, 0.717) is 26.1 Å². The quantitative estimate of drug-likeness (QED) is 0.784. The zero-order valence-electron chi connectivity index (χ0n) is 13.6. The normalized spacial score (nSPS) is 17.6. The van der Waals surface area contributed by atoms with E-state index in [2.05, 4.69) is 5.32 Å². The lowest BCUT2D eigenvalue weighted by Gasteiger charge is -2.33. The first kappa shape index (κ1) is 19.1. The molecule has 4 nitrogen and oxygen atoms in total. The Bertz CT molecular complexity index is 346. The predicted molar refractivity (Wildman–Crippen MR) is 78.7 cm³/mol. The molecule has 0 unspecified atom stereocenters. The van der Waals surface area contributed by atoms with Crippen LogP contribution in [-0.4, -0.2) is 48.4 Å². The minimum atomic E-state index is -4.06. The number of ether oxygens (including phenoxy) is 1. The van der Waals surface area contributed by atoms with Gasteiger partial charge in [0.25, 0.3) is 0 Å². The molecule has 0 aromatic heterocycles. The number of hydrogen-bond acceptors (Lipinski definition) is 3. The van der Waals surface area contributed by atoms with Gasteiger partial charge in [-0.05, 0) is 53.0 Å². The van der Waals surface area contributed by atoms with Gasteiger partial charge >= 0.3 is 12.3 Å². The lowest BCUT2D eigenvalue weighted by atomic mass is 10.1. The van der Waals surface area contributed by atoms with Gasteiger partial charge in [-0.1, -0.05) is 0 Å². The van der Waals surface area contributed by atoms with Crippen molar-refractivity contribution in [2.45, 2.75) is 70.7 Å². The molecular weight excluding hydrogens is 297 g/mol. The van der Waals surface area contributed by atoms with Crippen molar-refractivity contribution in [3.05, 3.63) is 0 Å². The number of carbonyl (C=O) groups is 1. The molecule has 1 aliphatic heterocycles. The second kappa shape index (κ2) is 8.04. The summed E-state index contributed by atoms with van der Waals surface area (Å²) in [6, 6.07) is 0.268. The fourth-order valence-electron chi connectivity index (χ4n) is 2.35. The van der Waals surface area contributed by atoms with Crippen molar-refractivity contribution in [1.29, 1.82) is 0 Å². The molecule has 1 N–H and O–H groups in total. The van der Waals surface area contributed by atoms with Crippen LogP contribution in [0.15, 0.2) is 0 Å². The lowest BCUT2D eigenvalue weighted by Crippen LogP contribution is -2.46. The summed E-state index contributed by atoms with van der Waals surface area (Å²) in [5, 5.41) is 3.27. The number of unbranched alkanes of at least 4 members (excludes halogenated alkanes) is 1. The number of nitrogens with one attached hydrogen (secondary N) is 1. The lowest BCUT2D eigenvalue weighted by molar-refractivity contribution is -0.135. The third-order valence-electron chi connectivity index (χ3n) is 3.47. The van der Waals surface area contributed by atoms with Crippen LogP contribution in [0.2, 0.25) is 0 Å². The van der Waals surface area contributed by atoms with Crippen LogP contribution in [0.5, 0.6) is 0 Å². The molecular formula is C15H27F3N2O2. The molecule has 0 aromatic carbocycles. The van der Waals surface area contributed by atoms with Crippen molar-refractivity contribution in [3.8, 4) is 0 Å². The molecule has 1 heterocycles. The van der Waals surface area contributed by atoms with Crippen LogP contribution < -0.4 is 5.32 Å². The second-order valence-electron chi connectivity index (χ2n) is 6.77. The molecule has 0 atom stereocenters. The highest BCUT2D eigenvalue weighted by Crippen LogP contribution is 2.22. The fraction of sp³-hybridized carbons (Fsp3) is 0.933. The van der Waals surface area contributed by atoms with Crippen LogP contribution in [0.1, 0.15) is 52.9 Å². The summed E-state index contributed by atoms with van der Waals surface area (Å²) in [5.74, 6) is 0. The number of alkyl halides is 3. The van der Waals surface area contributed by atoms with Gasteiger partial charge < -0.3 is 15.0 Å². The number of likely N-dealkylation sites (tertiary alicyclic amines) is 1. The number of rotatable bonds is 5. The maximum absolute atomic E-state index is 12.0. The van der Waals surface area contributed by atoms with Crippen LogP contribution in [-0.2, 0) is 4.74 Å². The summed E-state index contributed by atoms with van der Waals surface area (Å²) in [6.45, 7) is 7.33. The van der Waals surface area contributed by atoms with Gasteiger partial charge in [-0.3, -0.25) is 0 Å². The van der Waals surface area contributed by atoms with E-state index in [9.17, 15) is 18.0 Å². The van der Waals surface area contributed by atoms with Crippen LogP contribution in [0.4, 0.5) is 18.0 Å². The summed E-state index contributed by atoms with van der Waals surface area (Å²) in [5.41, 5.74) is -0.495. The number of piperidine rings is 1. The van der Waals surface area contributed by atoms with Gasteiger partial charge in [0.2, 0.25) is 0 Å². The number of carbonyl (C=O) groups excluding carboxylic acids is 1. The molecule has 0 radical (unpaired) electrons. The van der Waals surface area contributed by atoms with Crippen molar-refractivity contribution in [2.24, 2.45) is 0 Å². The number of amides is 1. The Balaban J connectivity index is 2.14. The van der Waals surface area contributed by atoms with E-state index in [1.807, 2.05) is 20.8 Å². The highest BCUT2D eigenvalue weighted by atomic mass is 19.4. The van der Waals surface area contributed by atoms with Gasteiger partial charge in [-0.15, -0.1) is 0 Å². The number of hydrogen-bond donors (Lipinski definition) is 1. The average Bonchev–Trinajstić information content (AvgIpc) is 2.35. The molecule has 1 fully saturated rings. The zero-order valence-corrected chi connectivity index (χ0v) is 13.6. The Hall–Kier alpha value is -0.980. The Morgan fingerprint density at radius 1 is 1.18 bits per heavy atom. The Morgan fingerprint density at radius 3 is 2.27 bits per heavy atom. The third kappa shape index (κ3) is 8.46. The molecule has 0 saturated carbocycles. The highest BCUT2D eigenvalue weighted by Gasteiger charge is 2.27. The molecule has 130 valence electrons. The van der Waals surface area contributed by atoms with Crippen molar-refractivity contribution in [2.75, 3.05) is 19.6 Å². The van der Waals surface area contributed by atoms with Crippen molar-refractivity contribution >= 4 is 6.09 Å². The third-order valence-corrected chi connectivity index (χ3v) is 3.47. The van der Waals surface area contributed by atoms with Gasteiger partial charge in [0.05, 0.1) is 0 Å². The largest absolute Gasteiger partial charge is 0.444 e. The SMILES string of the molecule is CC(C)(C)OC(=O)N1CCC(NCCCCC(F)(F)F)CC1. The Labute approximate surface area is 130 Å². The highest BCUT2D eigenvalue weighted by molar-refractivity contribution is 5.68. The van der Waals surface area contributed by atoms with E-state index in [4.69, 9.17) is 4.74 Å².